The standard InChI is InChI=1S/C12H9N3O/c1-4-10-9(7-15)11(8(5-13)6-14)16-12(10,2)3/h4H,1H2,2-3H3. The molecule has 1 heterocycles. The van der Waals surface area contributed by atoms with Crippen LogP contribution in [0.5, 0.6) is 0 Å². The number of nitriles is 3. The first-order valence-electron chi connectivity index (χ1n) is 4.53. The molecule has 4 nitrogen and oxygen atoms in total. The first-order chi connectivity index (χ1) is 7.51. The van der Waals surface area contributed by atoms with Gasteiger partial charge >= 0.3 is 0 Å². The molecule has 0 saturated heterocycles. The van der Waals surface area contributed by atoms with Crippen molar-refractivity contribution in [2.75, 3.05) is 0 Å². The van der Waals surface area contributed by atoms with Crippen molar-refractivity contribution in [1.82, 2.24) is 0 Å². The van der Waals surface area contributed by atoms with Crippen molar-refractivity contribution in [3.8, 4) is 18.2 Å². The number of nitrogens with zero attached hydrogens (tertiary/aromatic N) is 3. The predicted octanol–water partition coefficient (Wildman–Crippen LogP) is 2.10. The van der Waals surface area contributed by atoms with Crippen molar-refractivity contribution in [2.24, 2.45) is 0 Å². The summed E-state index contributed by atoms with van der Waals surface area (Å²) in [6.45, 7) is 7.11. The Hall–Kier alpha value is -2.51. The molecule has 0 saturated carbocycles. The summed E-state index contributed by atoms with van der Waals surface area (Å²) in [6, 6.07) is 5.37. The number of hydrogen-bond acceptors (Lipinski definition) is 4. The van der Waals surface area contributed by atoms with Gasteiger partial charge in [-0.25, -0.2) is 0 Å². The molecular formula is C12H9N3O. The summed E-state index contributed by atoms with van der Waals surface area (Å²) in [5.41, 5.74) is -0.131. The third kappa shape index (κ3) is 1.56. The molecule has 0 aromatic carbocycles. The van der Waals surface area contributed by atoms with E-state index in [2.05, 4.69) is 6.58 Å². The van der Waals surface area contributed by atoms with E-state index in [0.29, 0.717) is 5.57 Å². The molecule has 4 heteroatoms. The second-order valence-electron chi connectivity index (χ2n) is 3.64. The average Bonchev–Trinajstić information content (AvgIpc) is 2.50. The van der Waals surface area contributed by atoms with Gasteiger partial charge in [0, 0.05) is 5.57 Å². The fraction of sp³-hybridized carbons (Fsp3) is 0.250. The van der Waals surface area contributed by atoms with Gasteiger partial charge < -0.3 is 4.74 Å². The minimum atomic E-state index is -0.735. The molecule has 1 aliphatic rings. The highest BCUT2D eigenvalue weighted by Gasteiger charge is 2.38. The molecule has 0 radical (unpaired) electrons. The highest BCUT2D eigenvalue weighted by molar-refractivity contribution is 5.59. The Bertz CT molecular complexity index is 514. The topological polar surface area (TPSA) is 80.6 Å². The molecular weight excluding hydrogens is 202 g/mol. The zero-order chi connectivity index (χ0) is 12.3. The maximum atomic E-state index is 9.02. The Morgan fingerprint density at radius 2 is 1.88 bits per heavy atom. The van der Waals surface area contributed by atoms with Gasteiger partial charge in [-0.3, -0.25) is 0 Å². The Labute approximate surface area is 94.0 Å². The molecule has 1 rings (SSSR count). The van der Waals surface area contributed by atoms with E-state index in [1.807, 2.05) is 6.07 Å². The van der Waals surface area contributed by atoms with E-state index in [1.165, 1.54) is 6.08 Å². The molecule has 0 unspecified atom stereocenters. The van der Waals surface area contributed by atoms with Gasteiger partial charge in [0.2, 0.25) is 0 Å². The van der Waals surface area contributed by atoms with Crippen LogP contribution in [0.1, 0.15) is 13.8 Å². The van der Waals surface area contributed by atoms with Crippen LogP contribution >= 0.6 is 0 Å². The van der Waals surface area contributed by atoms with E-state index in [0.717, 1.165) is 0 Å². The molecule has 0 amide bonds. The molecule has 0 bridgehead atoms. The van der Waals surface area contributed by atoms with Crippen molar-refractivity contribution in [2.45, 2.75) is 19.4 Å². The van der Waals surface area contributed by atoms with E-state index in [1.54, 1.807) is 26.0 Å². The molecule has 16 heavy (non-hydrogen) atoms. The third-order valence-electron chi connectivity index (χ3n) is 2.27. The van der Waals surface area contributed by atoms with Gasteiger partial charge in [0.25, 0.3) is 0 Å². The van der Waals surface area contributed by atoms with Gasteiger partial charge in [0.05, 0.1) is 0 Å². The fourth-order valence-electron chi connectivity index (χ4n) is 1.55. The summed E-state index contributed by atoms with van der Waals surface area (Å²) in [7, 11) is 0. The molecule has 0 aromatic rings. The van der Waals surface area contributed by atoms with Gasteiger partial charge in [-0.05, 0) is 13.8 Å². The van der Waals surface area contributed by atoms with Gasteiger partial charge in [0.1, 0.15) is 29.4 Å². The second-order valence-corrected chi connectivity index (χ2v) is 3.64. The lowest BCUT2D eigenvalue weighted by atomic mass is 9.95. The predicted molar refractivity (Wildman–Crippen MR) is 56.3 cm³/mol. The zero-order valence-corrected chi connectivity index (χ0v) is 9.03. The third-order valence-corrected chi connectivity index (χ3v) is 2.27. The molecule has 0 N–H and O–H groups in total. The van der Waals surface area contributed by atoms with Crippen LogP contribution in [0.25, 0.3) is 0 Å². The monoisotopic (exact) mass is 211 g/mol. The number of hydrogen-bond donors (Lipinski definition) is 0. The molecule has 0 aromatic heterocycles. The van der Waals surface area contributed by atoms with Crippen LogP contribution in [-0.2, 0) is 4.74 Å². The van der Waals surface area contributed by atoms with Crippen LogP contribution in [0.15, 0.2) is 35.1 Å². The largest absolute Gasteiger partial charge is 0.480 e. The Morgan fingerprint density at radius 1 is 1.31 bits per heavy atom. The van der Waals surface area contributed by atoms with Crippen molar-refractivity contribution in [1.29, 1.82) is 15.8 Å². The van der Waals surface area contributed by atoms with Crippen molar-refractivity contribution in [3.05, 3.63) is 35.1 Å². The Morgan fingerprint density at radius 3 is 2.25 bits per heavy atom. The second kappa shape index (κ2) is 3.93. The summed E-state index contributed by atoms with van der Waals surface area (Å²) >= 11 is 0. The Balaban J connectivity index is 3.57. The van der Waals surface area contributed by atoms with Crippen LogP contribution in [0.3, 0.4) is 0 Å². The van der Waals surface area contributed by atoms with Crippen LogP contribution in [0.4, 0.5) is 0 Å². The lowest BCUT2D eigenvalue weighted by molar-refractivity contribution is 0.0954. The minimum absolute atomic E-state index is 0.0485. The normalized spacial score (nSPS) is 16.8. The van der Waals surface area contributed by atoms with E-state index in [-0.39, 0.29) is 16.9 Å². The highest BCUT2D eigenvalue weighted by atomic mass is 16.5. The van der Waals surface area contributed by atoms with Crippen LogP contribution in [0.2, 0.25) is 0 Å². The highest BCUT2D eigenvalue weighted by Crippen LogP contribution is 2.39. The summed E-state index contributed by atoms with van der Waals surface area (Å²) in [6.07, 6.45) is 1.51. The quantitative estimate of drug-likeness (QED) is 0.622. The van der Waals surface area contributed by atoms with Gasteiger partial charge in [-0.1, -0.05) is 12.7 Å². The van der Waals surface area contributed by atoms with Crippen LogP contribution in [0, 0.1) is 34.0 Å². The summed E-state index contributed by atoms with van der Waals surface area (Å²) < 4.78 is 5.47. The number of rotatable bonds is 1. The van der Waals surface area contributed by atoms with E-state index >= 15 is 0 Å². The first-order valence-corrected chi connectivity index (χ1v) is 4.53. The van der Waals surface area contributed by atoms with Crippen LogP contribution in [-0.4, -0.2) is 5.60 Å². The molecule has 0 fully saturated rings. The molecule has 0 atom stereocenters. The SMILES string of the molecule is C=CC1=C(C#N)C(=C(C#N)C#N)OC1(C)C. The Kier molecular flexibility index (Phi) is 2.84. The van der Waals surface area contributed by atoms with Gasteiger partial charge in [0.15, 0.2) is 11.3 Å². The summed E-state index contributed by atoms with van der Waals surface area (Å²) in [5.74, 6) is 0.0485. The van der Waals surface area contributed by atoms with Gasteiger partial charge in [-0.2, -0.15) is 15.8 Å². The number of allylic oxidation sites excluding steroid dienone is 2. The first kappa shape index (κ1) is 11.6. The average molecular weight is 211 g/mol. The maximum absolute atomic E-state index is 9.02. The lowest BCUT2D eigenvalue weighted by Gasteiger charge is -2.20. The van der Waals surface area contributed by atoms with Crippen molar-refractivity contribution in [3.63, 3.8) is 0 Å². The maximum Gasteiger partial charge on any atom is 0.172 e. The number of ether oxygens (including phenoxy) is 1. The lowest BCUT2D eigenvalue weighted by Crippen LogP contribution is -2.20. The van der Waals surface area contributed by atoms with Crippen molar-refractivity contribution >= 4 is 0 Å². The molecule has 0 aliphatic carbocycles. The summed E-state index contributed by atoms with van der Waals surface area (Å²) in [5, 5.41) is 26.5. The minimum Gasteiger partial charge on any atom is -0.480 e. The van der Waals surface area contributed by atoms with Crippen LogP contribution < -0.4 is 0 Å². The van der Waals surface area contributed by atoms with Crippen molar-refractivity contribution < 1.29 is 4.74 Å². The zero-order valence-electron chi connectivity index (χ0n) is 9.03. The molecule has 1 aliphatic heterocycles. The molecule has 78 valence electrons. The molecule has 0 spiro atoms. The van der Waals surface area contributed by atoms with Gasteiger partial charge in [-0.15, -0.1) is 0 Å². The smallest absolute Gasteiger partial charge is 0.172 e. The van der Waals surface area contributed by atoms with E-state index < -0.39 is 5.60 Å². The van der Waals surface area contributed by atoms with E-state index in [4.69, 9.17) is 20.5 Å². The summed E-state index contributed by atoms with van der Waals surface area (Å²) in [4.78, 5) is 0. The fourth-order valence-corrected chi connectivity index (χ4v) is 1.55. The van der Waals surface area contributed by atoms with E-state index in [9.17, 15) is 0 Å².